The normalized spacial score (nSPS) is 19.6. The molecule has 2 atom stereocenters. The molecule has 1 saturated heterocycles. The van der Waals surface area contributed by atoms with Gasteiger partial charge in [-0.3, -0.25) is 4.79 Å². The van der Waals surface area contributed by atoms with Gasteiger partial charge in [0.2, 0.25) is 0 Å². The number of aliphatic hydroxyl groups is 1. The van der Waals surface area contributed by atoms with E-state index in [1.54, 1.807) is 35.4 Å². The Bertz CT molecular complexity index is 1060. The summed E-state index contributed by atoms with van der Waals surface area (Å²) in [6, 6.07) is 6.21. The Morgan fingerprint density at radius 2 is 2.10 bits per heavy atom. The SMILES string of the molecule is CC(C)c1nn(-c2cnc[nH]2)c(-c2ccc(F)cc2)c1C=CC1CC(O)CC(=O)O1. The van der Waals surface area contributed by atoms with Crippen molar-refractivity contribution in [1.82, 2.24) is 19.7 Å². The number of esters is 1. The Balaban J connectivity index is 1.84. The molecule has 0 bridgehead atoms. The van der Waals surface area contributed by atoms with Crippen molar-refractivity contribution in [3.8, 4) is 17.1 Å². The van der Waals surface area contributed by atoms with Gasteiger partial charge in [-0.25, -0.2) is 14.1 Å². The van der Waals surface area contributed by atoms with E-state index in [4.69, 9.17) is 9.84 Å². The van der Waals surface area contributed by atoms with Crippen molar-refractivity contribution in [2.45, 2.75) is 44.8 Å². The number of H-pyrrole nitrogens is 1. The molecule has 1 fully saturated rings. The molecule has 1 aliphatic heterocycles. The number of carbonyl (C=O) groups excluding carboxylic acids is 1. The molecule has 2 unspecified atom stereocenters. The van der Waals surface area contributed by atoms with Crippen molar-refractivity contribution in [1.29, 1.82) is 0 Å². The summed E-state index contributed by atoms with van der Waals surface area (Å²) in [6.07, 6.45) is 6.00. The van der Waals surface area contributed by atoms with Crippen molar-refractivity contribution in [2.24, 2.45) is 0 Å². The number of hydrogen-bond donors (Lipinski definition) is 2. The zero-order valence-electron chi connectivity index (χ0n) is 16.7. The van der Waals surface area contributed by atoms with Crippen LogP contribution in [0.3, 0.4) is 0 Å². The molecule has 0 radical (unpaired) electrons. The molecule has 0 spiro atoms. The lowest BCUT2D eigenvalue weighted by Gasteiger charge is -2.23. The maximum atomic E-state index is 13.5. The minimum Gasteiger partial charge on any atom is -0.458 e. The Labute approximate surface area is 173 Å². The largest absolute Gasteiger partial charge is 0.458 e. The summed E-state index contributed by atoms with van der Waals surface area (Å²) in [4.78, 5) is 18.8. The molecule has 1 aliphatic rings. The first kappa shape index (κ1) is 20.0. The molecule has 3 heterocycles. The van der Waals surface area contributed by atoms with Gasteiger partial charge in [-0.05, 0) is 36.3 Å². The van der Waals surface area contributed by atoms with E-state index in [0.717, 1.165) is 22.5 Å². The lowest BCUT2D eigenvalue weighted by atomic mass is 9.98. The lowest BCUT2D eigenvalue weighted by Crippen LogP contribution is -2.31. The topological polar surface area (TPSA) is 93.0 Å². The summed E-state index contributed by atoms with van der Waals surface area (Å²) in [5.41, 5.74) is 3.22. The number of carbonyl (C=O) groups is 1. The van der Waals surface area contributed by atoms with Crippen LogP contribution in [0.2, 0.25) is 0 Å². The van der Waals surface area contributed by atoms with Crippen molar-refractivity contribution in [3.63, 3.8) is 0 Å². The summed E-state index contributed by atoms with van der Waals surface area (Å²) in [7, 11) is 0. The molecule has 0 aliphatic carbocycles. The van der Waals surface area contributed by atoms with Crippen molar-refractivity contribution < 1.29 is 19.0 Å². The van der Waals surface area contributed by atoms with Gasteiger partial charge < -0.3 is 14.8 Å². The minimum atomic E-state index is -0.713. The number of halogens is 1. The minimum absolute atomic E-state index is 0.0141. The van der Waals surface area contributed by atoms with Crippen molar-refractivity contribution >= 4 is 12.0 Å². The Hall–Kier alpha value is -3.26. The Morgan fingerprint density at radius 1 is 1.33 bits per heavy atom. The van der Waals surface area contributed by atoms with E-state index >= 15 is 0 Å². The highest BCUT2D eigenvalue weighted by molar-refractivity contribution is 5.76. The molecule has 0 saturated carbocycles. The monoisotopic (exact) mass is 410 g/mol. The van der Waals surface area contributed by atoms with Crippen LogP contribution in [0.5, 0.6) is 0 Å². The van der Waals surface area contributed by atoms with E-state index in [1.807, 2.05) is 19.9 Å². The standard InChI is InChI=1S/C22H23FN4O3/c1-13(2)21-18(8-7-17-9-16(28)10-20(29)30-17)22(14-3-5-15(23)6-4-14)27(26-21)19-11-24-12-25-19/h3-8,11-13,16-17,28H,9-10H2,1-2H3,(H,24,25). The zero-order chi connectivity index (χ0) is 21.3. The number of cyclic esters (lactones) is 1. The number of rotatable bonds is 5. The predicted molar refractivity (Wildman–Crippen MR) is 109 cm³/mol. The van der Waals surface area contributed by atoms with E-state index in [-0.39, 0.29) is 18.2 Å². The summed E-state index contributed by atoms with van der Waals surface area (Å²) in [6.45, 7) is 4.08. The molecule has 8 heteroatoms. The van der Waals surface area contributed by atoms with Gasteiger partial charge in [0.05, 0.1) is 36.4 Å². The third kappa shape index (κ3) is 4.04. The Kier molecular flexibility index (Phi) is 5.50. The molecular formula is C22H23FN4O3. The van der Waals surface area contributed by atoms with Gasteiger partial charge in [-0.15, -0.1) is 0 Å². The van der Waals surface area contributed by atoms with E-state index in [0.29, 0.717) is 12.2 Å². The van der Waals surface area contributed by atoms with Crippen LogP contribution < -0.4 is 0 Å². The van der Waals surface area contributed by atoms with Gasteiger partial charge in [0.1, 0.15) is 11.9 Å². The van der Waals surface area contributed by atoms with Crippen LogP contribution in [0.15, 0.2) is 42.9 Å². The van der Waals surface area contributed by atoms with Gasteiger partial charge in [-0.2, -0.15) is 5.10 Å². The molecule has 2 aromatic heterocycles. The average molecular weight is 410 g/mol. The number of benzene rings is 1. The third-order valence-electron chi connectivity index (χ3n) is 4.99. The second kappa shape index (κ2) is 8.23. The number of aliphatic hydroxyl groups excluding tert-OH is 1. The first-order valence-electron chi connectivity index (χ1n) is 9.85. The van der Waals surface area contributed by atoms with E-state index in [9.17, 15) is 14.3 Å². The van der Waals surface area contributed by atoms with Crippen LogP contribution in [-0.2, 0) is 9.53 Å². The van der Waals surface area contributed by atoms with Crippen LogP contribution in [0, 0.1) is 5.82 Å². The molecule has 2 N–H and O–H groups in total. The highest BCUT2D eigenvalue weighted by Gasteiger charge is 2.26. The quantitative estimate of drug-likeness (QED) is 0.627. The number of ether oxygens (including phenoxy) is 1. The summed E-state index contributed by atoms with van der Waals surface area (Å²) < 4.78 is 20.6. The highest BCUT2D eigenvalue weighted by Crippen LogP contribution is 2.33. The molecule has 7 nitrogen and oxygen atoms in total. The fourth-order valence-corrected chi connectivity index (χ4v) is 3.59. The van der Waals surface area contributed by atoms with Gasteiger partial charge >= 0.3 is 5.97 Å². The van der Waals surface area contributed by atoms with Gasteiger partial charge in [0.15, 0.2) is 5.82 Å². The molecule has 3 aromatic rings. The Morgan fingerprint density at radius 3 is 2.73 bits per heavy atom. The number of aromatic nitrogens is 4. The van der Waals surface area contributed by atoms with E-state index in [2.05, 4.69) is 9.97 Å². The summed E-state index contributed by atoms with van der Waals surface area (Å²) in [5.74, 6) is 0.0398. The number of nitrogens with one attached hydrogen (secondary N) is 1. The van der Waals surface area contributed by atoms with Gasteiger partial charge in [-0.1, -0.05) is 19.9 Å². The third-order valence-corrected chi connectivity index (χ3v) is 4.99. The van der Waals surface area contributed by atoms with Crippen LogP contribution in [0.1, 0.15) is 43.9 Å². The molecule has 0 amide bonds. The number of nitrogens with zero attached hydrogens (tertiary/aromatic N) is 3. The average Bonchev–Trinajstić information content (AvgIpc) is 3.34. The van der Waals surface area contributed by atoms with Crippen LogP contribution in [-0.4, -0.2) is 43.0 Å². The summed E-state index contributed by atoms with van der Waals surface area (Å²) in [5, 5.41) is 14.7. The molecule has 1 aromatic carbocycles. The number of aromatic amines is 1. The first-order chi connectivity index (χ1) is 14.4. The van der Waals surface area contributed by atoms with E-state index < -0.39 is 18.2 Å². The highest BCUT2D eigenvalue weighted by atomic mass is 19.1. The molecular weight excluding hydrogens is 387 g/mol. The second-order valence-corrected chi connectivity index (χ2v) is 7.64. The zero-order valence-corrected chi connectivity index (χ0v) is 16.7. The van der Waals surface area contributed by atoms with Crippen LogP contribution in [0.25, 0.3) is 23.2 Å². The molecule has 156 valence electrons. The fraction of sp³-hybridized carbons (Fsp3) is 0.318. The first-order valence-corrected chi connectivity index (χ1v) is 9.85. The maximum absolute atomic E-state index is 13.5. The van der Waals surface area contributed by atoms with Gasteiger partial charge in [0, 0.05) is 17.5 Å². The second-order valence-electron chi connectivity index (χ2n) is 7.64. The predicted octanol–water partition coefficient (Wildman–Crippen LogP) is 3.60. The van der Waals surface area contributed by atoms with Crippen molar-refractivity contribution in [2.75, 3.05) is 0 Å². The van der Waals surface area contributed by atoms with Crippen LogP contribution in [0.4, 0.5) is 4.39 Å². The maximum Gasteiger partial charge on any atom is 0.309 e. The lowest BCUT2D eigenvalue weighted by molar-refractivity contribution is -0.156. The van der Waals surface area contributed by atoms with E-state index in [1.165, 1.54) is 12.1 Å². The fourth-order valence-electron chi connectivity index (χ4n) is 3.59. The van der Waals surface area contributed by atoms with Gasteiger partial charge in [0.25, 0.3) is 0 Å². The molecule has 4 rings (SSSR count). The smallest absolute Gasteiger partial charge is 0.309 e. The molecule has 30 heavy (non-hydrogen) atoms. The van der Waals surface area contributed by atoms with Crippen molar-refractivity contribution in [3.05, 3.63) is 59.9 Å². The van der Waals surface area contributed by atoms with Crippen LogP contribution >= 0.6 is 0 Å². The number of hydrogen-bond acceptors (Lipinski definition) is 5. The summed E-state index contributed by atoms with van der Waals surface area (Å²) >= 11 is 0. The number of imidazole rings is 1.